The third-order valence-corrected chi connectivity index (χ3v) is 3.36. The van der Waals surface area contributed by atoms with Crippen LogP contribution in [0.2, 0.25) is 0 Å². The molecule has 90 valence electrons. The highest BCUT2D eigenvalue weighted by Crippen LogP contribution is 2.23. The summed E-state index contributed by atoms with van der Waals surface area (Å²) < 4.78 is 6.40. The van der Waals surface area contributed by atoms with Gasteiger partial charge in [-0.2, -0.15) is 0 Å². The first kappa shape index (κ1) is 13.5. The average molecular weight is 286 g/mol. The summed E-state index contributed by atoms with van der Waals surface area (Å²) in [5.41, 5.74) is 1.19. The summed E-state index contributed by atoms with van der Waals surface area (Å²) in [4.78, 5) is 0. The molecule has 0 radical (unpaired) electrons. The standard InChI is InChI=1S/C13H20BrNO/c1-9(2)10(3)15-8-11-5-6-12(14)7-13(11)16-4/h5-7,9-10,15H,8H2,1-4H3. The van der Waals surface area contributed by atoms with Crippen molar-refractivity contribution in [3.05, 3.63) is 28.2 Å². The minimum Gasteiger partial charge on any atom is -0.496 e. The van der Waals surface area contributed by atoms with Gasteiger partial charge in [0.1, 0.15) is 5.75 Å². The molecule has 0 aromatic heterocycles. The maximum Gasteiger partial charge on any atom is 0.124 e. The molecule has 0 spiro atoms. The molecular weight excluding hydrogens is 266 g/mol. The van der Waals surface area contributed by atoms with Gasteiger partial charge < -0.3 is 10.1 Å². The average Bonchev–Trinajstić information content (AvgIpc) is 2.26. The van der Waals surface area contributed by atoms with Crippen molar-refractivity contribution in [2.75, 3.05) is 7.11 Å². The lowest BCUT2D eigenvalue weighted by molar-refractivity contribution is 0.395. The monoisotopic (exact) mass is 285 g/mol. The van der Waals surface area contributed by atoms with Crippen molar-refractivity contribution in [2.24, 2.45) is 5.92 Å². The van der Waals surface area contributed by atoms with E-state index in [2.05, 4.69) is 48.1 Å². The van der Waals surface area contributed by atoms with Crippen molar-refractivity contribution < 1.29 is 4.74 Å². The summed E-state index contributed by atoms with van der Waals surface area (Å²) >= 11 is 3.44. The van der Waals surface area contributed by atoms with Gasteiger partial charge in [-0.15, -0.1) is 0 Å². The minimum absolute atomic E-state index is 0.508. The van der Waals surface area contributed by atoms with E-state index < -0.39 is 0 Å². The number of methoxy groups -OCH3 is 1. The van der Waals surface area contributed by atoms with Gasteiger partial charge in [0.15, 0.2) is 0 Å². The Kier molecular flexibility index (Phi) is 5.29. The van der Waals surface area contributed by atoms with Gasteiger partial charge in [-0.25, -0.2) is 0 Å². The number of hydrogen-bond acceptors (Lipinski definition) is 2. The zero-order chi connectivity index (χ0) is 12.1. The lowest BCUT2D eigenvalue weighted by Crippen LogP contribution is -2.30. The molecule has 0 amide bonds. The number of benzene rings is 1. The Morgan fingerprint density at radius 3 is 2.56 bits per heavy atom. The fourth-order valence-electron chi connectivity index (χ4n) is 1.37. The van der Waals surface area contributed by atoms with Crippen LogP contribution in [-0.4, -0.2) is 13.2 Å². The molecule has 0 bridgehead atoms. The van der Waals surface area contributed by atoms with Gasteiger partial charge >= 0.3 is 0 Å². The van der Waals surface area contributed by atoms with E-state index in [0.29, 0.717) is 12.0 Å². The van der Waals surface area contributed by atoms with E-state index in [0.717, 1.165) is 16.8 Å². The summed E-state index contributed by atoms with van der Waals surface area (Å²) in [6.07, 6.45) is 0. The van der Waals surface area contributed by atoms with Crippen LogP contribution < -0.4 is 10.1 Å². The second kappa shape index (κ2) is 6.26. The molecule has 1 aromatic carbocycles. The fraction of sp³-hybridized carbons (Fsp3) is 0.538. The summed E-state index contributed by atoms with van der Waals surface area (Å²) in [5, 5.41) is 3.50. The number of halogens is 1. The second-order valence-corrected chi connectivity index (χ2v) is 5.29. The molecule has 0 aliphatic heterocycles. The lowest BCUT2D eigenvalue weighted by Gasteiger charge is -2.18. The summed E-state index contributed by atoms with van der Waals surface area (Å²) in [6, 6.07) is 6.63. The van der Waals surface area contributed by atoms with Crippen molar-refractivity contribution in [3.63, 3.8) is 0 Å². The van der Waals surface area contributed by atoms with Gasteiger partial charge in [-0.05, 0) is 25.0 Å². The zero-order valence-electron chi connectivity index (χ0n) is 10.4. The van der Waals surface area contributed by atoms with Crippen molar-refractivity contribution in [1.29, 1.82) is 0 Å². The predicted octanol–water partition coefficient (Wildman–Crippen LogP) is 3.59. The van der Waals surface area contributed by atoms with Crippen molar-refractivity contribution in [3.8, 4) is 5.75 Å². The molecule has 1 unspecified atom stereocenters. The number of hydrogen-bond donors (Lipinski definition) is 1. The molecule has 16 heavy (non-hydrogen) atoms. The zero-order valence-corrected chi connectivity index (χ0v) is 12.0. The van der Waals surface area contributed by atoms with E-state index >= 15 is 0 Å². The van der Waals surface area contributed by atoms with Crippen LogP contribution >= 0.6 is 15.9 Å². The van der Waals surface area contributed by atoms with E-state index in [1.807, 2.05) is 12.1 Å². The molecule has 1 rings (SSSR count). The van der Waals surface area contributed by atoms with Crippen LogP contribution in [0.5, 0.6) is 5.75 Å². The predicted molar refractivity (Wildman–Crippen MR) is 71.8 cm³/mol. The van der Waals surface area contributed by atoms with E-state index in [4.69, 9.17) is 4.74 Å². The Bertz CT molecular complexity index is 339. The Morgan fingerprint density at radius 1 is 1.31 bits per heavy atom. The lowest BCUT2D eigenvalue weighted by atomic mass is 10.1. The van der Waals surface area contributed by atoms with E-state index in [1.165, 1.54) is 5.56 Å². The highest BCUT2D eigenvalue weighted by Gasteiger charge is 2.08. The summed E-state index contributed by atoms with van der Waals surface area (Å²) in [5.74, 6) is 1.57. The van der Waals surface area contributed by atoms with E-state index in [-0.39, 0.29) is 0 Å². The molecule has 3 heteroatoms. The fourth-order valence-corrected chi connectivity index (χ4v) is 1.71. The van der Waals surface area contributed by atoms with Crippen LogP contribution in [0, 0.1) is 5.92 Å². The number of ether oxygens (including phenoxy) is 1. The molecule has 0 aliphatic carbocycles. The Balaban J connectivity index is 2.66. The molecular formula is C13H20BrNO. The quantitative estimate of drug-likeness (QED) is 0.893. The smallest absolute Gasteiger partial charge is 0.124 e. The van der Waals surface area contributed by atoms with Gasteiger partial charge in [0.05, 0.1) is 7.11 Å². The molecule has 0 fully saturated rings. The summed E-state index contributed by atoms with van der Waals surface area (Å²) in [7, 11) is 1.71. The highest BCUT2D eigenvalue weighted by molar-refractivity contribution is 9.10. The molecule has 1 N–H and O–H groups in total. The maximum absolute atomic E-state index is 5.35. The van der Waals surface area contributed by atoms with Crippen molar-refractivity contribution in [2.45, 2.75) is 33.4 Å². The highest BCUT2D eigenvalue weighted by atomic mass is 79.9. The van der Waals surface area contributed by atoms with Gasteiger partial charge in [0.25, 0.3) is 0 Å². The van der Waals surface area contributed by atoms with E-state index in [9.17, 15) is 0 Å². The first-order chi connectivity index (χ1) is 7.54. The van der Waals surface area contributed by atoms with Gasteiger partial charge in [0, 0.05) is 22.6 Å². The third-order valence-electron chi connectivity index (χ3n) is 2.86. The van der Waals surface area contributed by atoms with Gasteiger partial charge in [-0.3, -0.25) is 0 Å². The van der Waals surface area contributed by atoms with Gasteiger partial charge in [-0.1, -0.05) is 35.8 Å². The Morgan fingerprint density at radius 2 is 2.00 bits per heavy atom. The SMILES string of the molecule is COc1cc(Br)ccc1CNC(C)C(C)C. The third kappa shape index (κ3) is 3.80. The molecule has 0 heterocycles. The molecule has 0 saturated carbocycles. The van der Waals surface area contributed by atoms with Gasteiger partial charge in [0.2, 0.25) is 0 Å². The summed E-state index contributed by atoms with van der Waals surface area (Å²) in [6.45, 7) is 7.48. The largest absolute Gasteiger partial charge is 0.496 e. The second-order valence-electron chi connectivity index (χ2n) is 4.37. The Hall–Kier alpha value is -0.540. The van der Waals surface area contributed by atoms with Crippen molar-refractivity contribution in [1.82, 2.24) is 5.32 Å². The maximum atomic E-state index is 5.35. The molecule has 0 saturated heterocycles. The Labute approximate surface area is 107 Å². The number of nitrogens with one attached hydrogen (secondary N) is 1. The first-order valence-electron chi connectivity index (χ1n) is 5.60. The van der Waals surface area contributed by atoms with E-state index in [1.54, 1.807) is 7.11 Å². The van der Waals surface area contributed by atoms with Crippen LogP contribution in [0.25, 0.3) is 0 Å². The number of rotatable bonds is 5. The minimum atomic E-state index is 0.508. The first-order valence-corrected chi connectivity index (χ1v) is 6.39. The van der Waals surface area contributed by atoms with Crippen molar-refractivity contribution >= 4 is 15.9 Å². The van der Waals surface area contributed by atoms with Crippen LogP contribution in [0.1, 0.15) is 26.3 Å². The normalized spacial score (nSPS) is 12.9. The molecule has 1 atom stereocenters. The molecule has 2 nitrogen and oxygen atoms in total. The topological polar surface area (TPSA) is 21.3 Å². The van der Waals surface area contributed by atoms with Crippen LogP contribution in [-0.2, 0) is 6.54 Å². The molecule has 0 aliphatic rings. The van der Waals surface area contributed by atoms with Crippen LogP contribution in [0.15, 0.2) is 22.7 Å². The van der Waals surface area contributed by atoms with Crippen LogP contribution in [0.4, 0.5) is 0 Å². The van der Waals surface area contributed by atoms with Crippen LogP contribution in [0.3, 0.4) is 0 Å². The molecule has 1 aromatic rings.